The molecule has 0 saturated heterocycles. The fourth-order valence-electron chi connectivity index (χ4n) is 1.11. The Labute approximate surface area is 92.9 Å². The van der Waals surface area contributed by atoms with Crippen LogP contribution in [0.1, 0.15) is 17.5 Å². The number of hydrogen-bond acceptors (Lipinski definition) is 2. The molecule has 1 aromatic rings. The predicted octanol–water partition coefficient (Wildman–Crippen LogP) is 2.34. The number of halogens is 1. The van der Waals surface area contributed by atoms with Crippen LogP contribution in [-0.4, -0.2) is 6.54 Å². The van der Waals surface area contributed by atoms with Crippen molar-refractivity contribution < 1.29 is 4.39 Å². The maximum Gasteiger partial charge on any atom is 0.128 e. The van der Waals surface area contributed by atoms with Gasteiger partial charge < -0.3 is 5.73 Å². The average Bonchev–Trinajstić information content (AvgIpc) is 2.29. The molecule has 0 aliphatic carbocycles. The van der Waals surface area contributed by atoms with Crippen LogP contribution in [0.3, 0.4) is 0 Å². The lowest BCUT2D eigenvalue weighted by Gasteiger charge is -1.98. The molecule has 5 heteroatoms. The Bertz CT molecular complexity index is 467. The Hall–Kier alpha value is -2.02. The van der Waals surface area contributed by atoms with Gasteiger partial charge in [0.15, 0.2) is 0 Å². The summed E-state index contributed by atoms with van der Waals surface area (Å²) in [4.78, 5) is 2.60. The molecule has 0 aliphatic heterocycles. The molecule has 82 valence electrons. The third-order valence-electron chi connectivity index (χ3n) is 1.91. The van der Waals surface area contributed by atoms with E-state index in [9.17, 15) is 4.39 Å². The second-order valence-electron chi connectivity index (χ2n) is 3.02. The van der Waals surface area contributed by atoms with Crippen LogP contribution in [0.4, 0.5) is 4.39 Å². The van der Waals surface area contributed by atoms with Crippen LogP contribution in [0.15, 0.2) is 23.3 Å². The van der Waals surface area contributed by atoms with Gasteiger partial charge in [-0.1, -0.05) is 23.0 Å². The summed E-state index contributed by atoms with van der Waals surface area (Å²) in [5.74, 6) is 5.23. The van der Waals surface area contributed by atoms with E-state index >= 15 is 0 Å². The molecule has 0 fully saturated rings. The van der Waals surface area contributed by atoms with Gasteiger partial charge in [-0.3, -0.25) is 0 Å². The van der Waals surface area contributed by atoms with Gasteiger partial charge in [0, 0.05) is 35.5 Å². The molecule has 1 aromatic carbocycles. The van der Waals surface area contributed by atoms with Crippen LogP contribution in [0.5, 0.6) is 0 Å². The van der Waals surface area contributed by atoms with Gasteiger partial charge in [-0.25, -0.2) is 4.39 Å². The largest absolute Gasteiger partial charge is 0.326 e. The highest BCUT2D eigenvalue weighted by atomic mass is 19.1. The third-order valence-corrected chi connectivity index (χ3v) is 1.91. The highest BCUT2D eigenvalue weighted by Gasteiger charge is 1.99. The van der Waals surface area contributed by atoms with Crippen LogP contribution < -0.4 is 5.73 Å². The molecule has 0 bridgehead atoms. The monoisotopic (exact) mass is 218 g/mol. The predicted molar refractivity (Wildman–Crippen MR) is 59.8 cm³/mol. The van der Waals surface area contributed by atoms with Crippen molar-refractivity contribution in [1.29, 1.82) is 0 Å². The Balaban J connectivity index is 2.67. The molecule has 4 nitrogen and oxygen atoms in total. The minimum atomic E-state index is -0.343. The molecule has 0 heterocycles. The van der Waals surface area contributed by atoms with E-state index in [2.05, 4.69) is 21.9 Å². The number of nitrogens with zero attached hydrogens (tertiary/aromatic N) is 3. The van der Waals surface area contributed by atoms with E-state index in [1.54, 1.807) is 12.1 Å². The first-order valence-corrected chi connectivity index (χ1v) is 4.76. The van der Waals surface area contributed by atoms with Gasteiger partial charge in [-0.05, 0) is 17.7 Å². The highest BCUT2D eigenvalue weighted by molar-refractivity contribution is 5.37. The van der Waals surface area contributed by atoms with Crippen molar-refractivity contribution in [3.05, 3.63) is 45.6 Å². The molecule has 0 saturated carbocycles. The van der Waals surface area contributed by atoms with Crippen molar-refractivity contribution in [3.8, 4) is 11.8 Å². The Morgan fingerprint density at radius 3 is 2.94 bits per heavy atom. The van der Waals surface area contributed by atoms with Gasteiger partial charge in [0.1, 0.15) is 5.82 Å². The number of azide groups is 1. The van der Waals surface area contributed by atoms with Gasteiger partial charge in [-0.2, -0.15) is 0 Å². The molecule has 0 unspecified atom stereocenters. The van der Waals surface area contributed by atoms with Crippen molar-refractivity contribution >= 4 is 0 Å². The zero-order chi connectivity index (χ0) is 11.8. The first kappa shape index (κ1) is 12.1. The van der Waals surface area contributed by atoms with Crippen molar-refractivity contribution in [2.24, 2.45) is 10.8 Å². The molecule has 16 heavy (non-hydrogen) atoms. The second-order valence-corrected chi connectivity index (χ2v) is 3.02. The summed E-state index contributed by atoms with van der Waals surface area (Å²) in [6.07, 6.45) is 0.463. The smallest absolute Gasteiger partial charge is 0.128 e. The van der Waals surface area contributed by atoms with Gasteiger partial charge in [-0.15, -0.1) is 0 Å². The molecule has 2 N–H and O–H groups in total. The summed E-state index contributed by atoms with van der Waals surface area (Å²) in [5, 5.41) is 3.34. The summed E-state index contributed by atoms with van der Waals surface area (Å²) in [6.45, 7) is 0.503. The Kier molecular flexibility index (Phi) is 4.87. The van der Waals surface area contributed by atoms with E-state index < -0.39 is 0 Å². The molecule has 0 spiro atoms. The Morgan fingerprint density at radius 1 is 1.50 bits per heavy atom. The third kappa shape index (κ3) is 3.62. The topological polar surface area (TPSA) is 74.8 Å². The molecule has 0 radical (unpaired) electrons. The maximum atomic E-state index is 13.3. The number of nitrogens with two attached hydrogens (primary N) is 1. The second kappa shape index (κ2) is 6.46. The number of rotatable bonds is 3. The van der Waals surface area contributed by atoms with E-state index in [-0.39, 0.29) is 12.4 Å². The summed E-state index contributed by atoms with van der Waals surface area (Å²) in [7, 11) is 0. The molecular weight excluding hydrogens is 207 g/mol. The Morgan fingerprint density at radius 2 is 2.31 bits per heavy atom. The standard InChI is InChI=1S/C11H11FN4/c12-11-7-9(4-5-10(11)8-13)3-1-2-6-15-16-14/h4-5,7H,2,6,8,13H2. The quantitative estimate of drug-likeness (QED) is 0.273. The lowest BCUT2D eigenvalue weighted by Crippen LogP contribution is -1.99. The first-order valence-electron chi connectivity index (χ1n) is 4.76. The maximum absolute atomic E-state index is 13.3. The lowest BCUT2D eigenvalue weighted by atomic mass is 10.1. The fourth-order valence-corrected chi connectivity index (χ4v) is 1.11. The van der Waals surface area contributed by atoms with Crippen molar-refractivity contribution in [2.45, 2.75) is 13.0 Å². The van der Waals surface area contributed by atoms with Crippen molar-refractivity contribution in [3.63, 3.8) is 0 Å². The molecular formula is C11H11FN4. The number of hydrogen-bond donors (Lipinski definition) is 1. The molecule has 1 rings (SSSR count). The van der Waals surface area contributed by atoms with Crippen LogP contribution in [0.25, 0.3) is 10.4 Å². The van der Waals surface area contributed by atoms with Gasteiger partial charge in [0.05, 0.1) is 0 Å². The van der Waals surface area contributed by atoms with Crippen LogP contribution in [0, 0.1) is 17.7 Å². The molecule has 0 aliphatic rings. The van der Waals surface area contributed by atoms with Crippen molar-refractivity contribution in [1.82, 2.24) is 0 Å². The minimum Gasteiger partial charge on any atom is -0.326 e. The van der Waals surface area contributed by atoms with Crippen molar-refractivity contribution in [2.75, 3.05) is 6.54 Å². The average molecular weight is 218 g/mol. The SMILES string of the molecule is [N-]=[N+]=NCCC#Cc1ccc(CN)c(F)c1. The minimum absolute atomic E-state index is 0.177. The zero-order valence-electron chi connectivity index (χ0n) is 8.65. The van der Waals surface area contributed by atoms with Crippen LogP contribution in [-0.2, 0) is 6.54 Å². The highest BCUT2D eigenvalue weighted by Crippen LogP contribution is 2.08. The van der Waals surface area contributed by atoms with E-state index in [0.717, 1.165) is 0 Å². The van der Waals surface area contributed by atoms with Gasteiger partial charge >= 0.3 is 0 Å². The lowest BCUT2D eigenvalue weighted by molar-refractivity contribution is 0.610. The zero-order valence-corrected chi connectivity index (χ0v) is 8.65. The summed E-state index contributed by atoms with van der Waals surface area (Å²) >= 11 is 0. The van der Waals surface area contributed by atoms with E-state index in [4.69, 9.17) is 11.3 Å². The molecule has 0 amide bonds. The van der Waals surface area contributed by atoms with Gasteiger partial charge in [0.25, 0.3) is 0 Å². The van der Waals surface area contributed by atoms with Crippen LogP contribution in [0.2, 0.25) is 0 Å². The molecule has 0 aromatic heterocycles. The fraction of sp³-hybridized carbons (Fsp3) is 0.273. The van der Waals surface area contributed by atoms with E-state index in [0.29, 0.717) is 24.1 Å². The van der Waals surface area contributed by atoms with E-state index in [1.165, 1.54) is 6.07 Å². The van der Waals surface area contributed by atoms with E-state index in [1.807, 2.05) is 0 Å². The first-order chi connectivity index (χ1) is 7.77. The normalized spacial score (nSPS) is 8.88. The summed E-state index contributed by atoms with van der Waals surface area (Å²) in [6, 6.07) is 4.68. The van der Waals surface area contributed by atoms with Crippen LogP contribution >= 0.6 is 0 Å². The summed E-state index contributed by atoms with van der Waals surface area (Å²) in [5.41, 5.74) is 14.4. The van der Waals surface area contributed by atoms with Gasteiger partial charge in [0.2, 0.25) is 0 Å². The molecule has 0 atom stereocenters. The summed E-state index contributed by atoms with van der Waals surface area (Å²) < 4.78 is 13.3. The number of benzene rings is 1.